The average Bonchev–Trinajstić information content (AvgIpc) is 2.86. The van der Waals surface area contributed by atoms with Crippen LogP contribution in [0.4, 0.5) is 0 Å². The molecule has 0 bridgehead atoms. The van der Waals surface area contributed by atoms with E-state index in [9.17, 15) is 0 Å². The highest BCUT2D eigenvalue weighted by Gasteiger charge is 2.47. The molecule has 1 atom stereocenters. The fraction of sp³-hybridized carbons (Fsp3) is 0.636. The SMILES string of the molecule is CC(C)(C)C1=CCC(OC2=CCC=C2)(O[Si](C)(C)C)C(C(C)(C)C)=C1. The molecule has 0 saturated heterocycles. The van der Waals surface area contributed by atoms with Crippen molar-refractivity contribution >= 4 is 8.32 Å². The molecule has 3 heteroatoms. The maximum absolute atomic E-state index is 6.76. The first-order chi connectivity index (χ1) is 11.2. The standard InChI is InChI=1S/C22H36O2Si/c1-20(2,3)17-14-15-22(24-25(7,8)9,19(16-17)21(4,5)6)23-18-12-10-11-13-18/h10,12-14,16H,11,15H2,1-9H3. The molecule has 2 nitrogen and oxygen atoms in total. The van der Waals surface area contributed by atoms with Gasteiger partial charge in [0, 0.05) is 12.0 Å². The van der Waals surface area contributed by atoms with Gasteiger partial charge in [0.05, 0.1) is 0 Å². The van der Waals surface area contributed by atoms with Crippen LogP contribution in [0.1, 0.15) is 54.4 Å². The maximum atomic E-state index is 6.76. The van der Waals surface area contributed by atoms with Gasteiger partial charge in [0.25, 0.3) is 0 Å². The lowest BCUT2D eigenvalue weighted by Gasteiger charge is -2.47. The molecule has 2 aliphatic rings. The molecule has 0 aromatic rings. The fourth-order valence-electron chi connectivity index (χ4n) is 3.40. The van der Waals surface area contributed by atoms with Crippen LogP contribution in [0, 0.1) is 10.8 Å². The highest BCUT2D eigenvalue weighted by molar-refractivity contribution is 6.69. The van der Waals surface area contributed by atoms with Gasteiger partial charge in [-0.05, 0) is 54.6 Å². The van der Waals surface area contributed by atoms with Crippen molar-refractivity contribution in [3.63, 3.8) is 0 Å². The number of hydrogen-bond acceptors (Lipinski definition) is 2. The summed E-state index contributed by atoms with van der Waals surface area (Å²) in [6, 6.07) is 0. The van der Waals surface area contributed by atoms with E-state index in [1.807, 2.05) is 0 Å². The van der Waals surface area contributed by atoms with Crippen LogP contribution in [-0.4, -0.2) is 14.1 Å². The zero-order chi connectivity index (χ0) is 19.1. The molecule has 0 heterocycles. The van der Waals surface area contributed by atoms with Crippen LogP contribution in [0.5, 0.6) is 0 Å². The maximum Gasteiger partial charge on any atom is 0.228 e. The van der Waals surface area contributed by atoms with Gasteiger partial charge in [0.2, 0.25) is 5.79 Å². The van der Waals surface area contributed by atoms with Gasteiger partial charge in [0.1, 0.15) is 5.76 Å². The van der Waals surface area contributed by atoms with Crippen molar-refractivity contribution in [1.82, 2.24) is 0 Å². The van der Waals surface area contributed by atoms with Crippen LogP contribution in [0.25, 0.3) is 0 Å². The Bertz CT molecular complexity index is 630. The Labute approximate surface area is 155 Å². The largest absolute Gasteiger partial charge is 0.459 e. The van der Waals surface area contributed by atoms with Crippen molar-refractivity contribution < 1.29 is 9.16 Å². The number of ether oxygens (including phenoxy) is 1. The molecular weight excluding hydrogens is 324 g/mol. The first-order valence-corrected chi connectivity index (χ1v) is 12.8. The molecule has 0 N–H and O–H groups in total. The molecule has 2 aliphatic carbocycles. The molecule has 0 fully saturated rings. The van der Waals surface area contributed by atoms with Crippen LogP contribution in [-0.2, 0) is 9.16 Å². The van der Waals surface area contributed by atoms with Crippen LogP contribution in [0.2, 0.25) is 19.6 Å². The predicted molar refractivity (Wildman–Crippen MR) is 110 cm³/mol. The number of allylic oxidation sites excluding steroid dienone is 5. The molecule has 1 unspecified atom stereocenters. The summed E-state index contributed by atoms with van der Waals surface area (Å²) in [6.07, 6.45) is 12.7. The quantitative estimate of drug-likeness (QED) is 0.408. The zero-order valence-electron chi connectivity index (χ0n) is 17.6. The van der Waals surface area contributed by atoms with Crippen molar-refractivity contribution in [3.8, 4) is 0 Å². The van der Waals surface area contributed by atoms with Gasteiger partial charge in [-0.2, -0.15) is 0 Å². The Kier molecular flexibility index (Phi) is 5.34. The van der Waals surface area contributed by atoms with E-state index in [0.29, 0.717) is 0 Å². The van der Waals surface area contributed by atoms with Crippen LogP contribution in [0.3, 0.4) is 0 Å². The lowest BCUT2D eigenvalue weighted by atomic mass is 9.72. The van der Waals surface area contributed by atoms with Crippen molar-refractivity contribution in [3.05, 3.63) is 47.3 Å². The third kappa shape index (κ3) is 4.98. The van der Waals surface area contributed by atoms with Gasteiger partial charge in [-0.1, -0.05) is 59.8 Å². The molecule has 0 aromatic heterocycles. The van der Waals surface area contributed by atoms with Gasteiger partial charge in [0.15, 0.2) is 8.32 Å². The Hall–Kier alpha value is -1.06. The molecule has 25 heavy (non-hydrogen) atoms. The van der Waals surface area contributed by atoms with E-state index in [-0.39, 0.29) is 10.8 Å². The molecule has 0 aromatic carbocycles. The van der Waals surface area contributed by atoms with Crippen molar-refractivity contribution in [2.24, 2.45) is 10.8 Å². The lowest BCUT2D eigenvalue weighted by Crippen LogP contribution is -2.49. The highest BCUT2D eigenvalue weighted by atomic mass is 28.4. The van der Waals surface area contributed by atoms with Crippen LogP contribution in [0.15, 0.2) is 47.3 Å². The predicted octanol–water partition coefficient (Wildman–Crippen LogP) is 6.74. The van der Waals surface area contributed by atoms with E-state index in [4.69, 9.17) is 9.16 Å². The van der Waals surface area contributed by atoms with Gasteiger partial charge in [-0.3, -0.25) is 0 Å². The average molecular weight is 361 g/mol. The third-order valence-electron chi connectivity index (χ3n) is 4.47. The highest BCUT2D eigenvalue weighted by Crippen LogP contribution is 2.48. The summed E-state index contributed by atoms with van der Waals surface area (Å²) >= 11 is 0. The van der Waals surface area contributed by atoms with E-state index in [1.165, 1.54) is 11.1 Å². The smallest absolute Gasteiger partial charge is 0.228 e. The topological polar surface area (TPSA) is 18.5 Å². The molecule has 0 spiro atoms. The van der Waals surface area contributed by atoms with E-state index in [0.717, 1.165) is 18.6 Å². The molecule has 0 saturated carbocycles. The summed E-state index contributed by atoms with van der Waals surface area (Å²) < 4.78 is 13.3. The van der Waals surface area contributed by atoms with Crippen molar-refractivity contribution in [2.75, 3.05) is 0 Å². The minimum absolute atomic E-state index is 0.0344. The van der Waals surface area contributed by atoms with Gasteiger partial charge in [-0.25, -0.2) is 0 Å². The minimum atomic E-state index is -1.82. The van der Waals surface area contributed by atoms with E-state index in [1.54, 1.807) is 0 Å². The number of rotatable bonds is 4. The summed E-state index contributed by atoms with van der Waals surface area (Å²) in [6.45, 7) is 20.3. The second-order valence-electron chi connectivity index (χ2n) is 10.2. The third-order valence-corrected chi connectivity index (χ3v) is 5.41. The summed E-state index contributed by atoms with van der Waals surface area (Å²) in [4.78, 5) is 0. The Balaban J connectivity index is 2.54. The minimum Gasteiger partial charge on any atom is -0.459 e. The second-order valence-corrected chi connectivity index (χ2v) is 14.7. The van der Waals surface area contributed by atoms with Crippen molar-refractivity contribution in [1.29, 1.82) is 0 Å². The molecule has 0 radical (unpaired) electrons. The fourth-order valence-corrected chi connectivity index (χ4v) is 4.62. The molecule has 2 rings (SSSR count). The van der Waals surface area contributed by atoms with Crippen LogP contribution < -0.4 is 0 Å². The summed E-state index contributed by atoms with van der Waals surface area (Å²) in [5, 5.41) is 0. The summed E-state index contributed by atoms with van der Waals surface area (Å²) in [5.41, 5.74) is 2.70. The monoisotopic (exact) mass is 360 g/mol. The molecular formula is C22H36O2Si. The molecule has 0 amide bonds. The Morgan fingerprint density at radius 1 is 0.960 bits per heavy atom. The van der Waals surface area contributed by atoms with Crippen molar-refractivity contribution in [2.45, 2.75) is 79.8 Å². The molecule has 140 valence electrons. The van der Waals surface area contributed by atoms with E-state index >= 15 is 0 Å². The van der Waals surface area contributed by atoms with Gasteiger partial charge < -0.3 is 9.16 Å². The Morgan fingerprint density at radius 2 is 1.60 bits per heavy atom. The summed E-state index contributed by atoms with van der Waals surface area (Å²) in [5.74, 6) is 0.235. The van der Waals surface area contributed by atoms with Gasteiger partial charge in [-0.15, -0.1) is 0 Å². The zero-order valence-corrected chi connectivity index (χ0v) is 18.6. The first-order valence-electron chi connectivity index (χ1n) is 9.42. The Morgan fingerprint density at radius 3 is 2.04 bits per heavy atom. The van der Waals surface area contributed by atoms with E-state index < -0.39 is 14.1 Å². The van der Waals surface area contributed by atoms with E-state index in [2.05, 4.69) is 91.6 Å². The molecule has 0 aliphatic heterocycles. The van der Waals surface area contributed by atoms with Gasteiger partial charge >= 0.3 is 0 Å². The second kappa shape index (κ2) is 6.59. The number of hydrogen-bond donors (Lipinski definition) is 0. The van der Waals surface area contributed by atoms with Crippen LogP contribution >= 0.6 is 0 Å². The summed E-state index contributed by atoms with van der Waals surface area (Å²) in [7, 11) is -1.82. The normalized spacial score (nSPS) is 24.8. The first kappa shape index (κ1) is 20.3. The lowest BCUT2D eigenvalue weighted by molar-refractivity contribution is -0.136.